The molecule has 1 N–H and O–H groups in total. The Morgan fingerprint density at radius 3 is 2.58 bits per heavy atom. The van der Waals surface area contributed by atoms with Gasteiger partial charge in [0.25, 0.3) is 0 Å². The van der Waals surface area contributed by atoms with Crippen LogP contribution >= 0.6 is 0 Å². The topological polar surface area (TPSA) is 42.0 Å². The van der Waals surface area contributed by atoms with E-state index in [0.717, 1.165) is 5.56 Å². The van der Waals surface area contributed by atoms with Gasteiger partial charge in [0.15, 0.2) is 0 Å². The summed E-state index contributed by atoms with van der Waals surface area (Å²) < 4.78 is 36.1. The first-order chi connectivity index (χ1) is 8.79. The zero-order valence-electron chi connectivity index (χ0n) is 10.9. The van der Waals surface area contributed by atoms with E-state index in [1.165, 1.54) is 0 Å². The lowest BCUT2D eigenvalue weighted by Gasteiger charge is -2.22. The Kier molecular flexibility index (Phi) is 5.32. The van der Waals surface area contributed by atoms with Gasteiger partial charge < -0.3 is 5.32 Å². The average Bonchev–Trinajstić information content (AvgIpc) is 2.33. The summed E-state index contributed by atoms with van der Waals surface area (Å²) in [6, 6.07) is 3.20. The quantitative estimate of drug-likeness (QED) is 0.895. The molecule has 1 rings (SSSR count). The minimum atomic E-state index is -4.31. The Labute approximate surface area is 110 Å². The van der Waals surface area contributed by atoms with Gasteiger partial charge in [-0.25, -0.2) is 0 Å². The molecular formula is C13H17F3N2O. The molecule has 6 heteroatoms. The number of hydrogen-bond donors (Lipinski definition) is 1. The van der Waals surface area contributed by atoms with Crippen molar-refractivity contribution in [1.82, 2.24) is 10.3 Å². The van der Waals surface area contributed by atoms with Gasteiger partial charge in [-0.2, -0.15) is 13.2 Å². The highest BCUT2D eigenvalue weighted by Crippen LogP contribution is 2.23. The number of alkyl halides is 3. The van der Waals surface area contributed by atoms with E-state index in [1.54, 1.807) is 24.5 Å². The van der Waals surface area contributed by atoms with E-state index in [2.05, 4.69) is 10.3 Å². The van der Waals surface area contributed by atoms with E-state index >= 15 is 0 Å². The van der Waals surface area contributed by atoms with Gasteiger partial charge in [0.1, 0.15) is 0 Å². The molecule has 0 spiro atoms. The van der Waals surface area contributed by atoms with Crippen LogP contribution in [0.1, 0.15) is 38.3 Å². The smallest absolute Gasteiger partial charge is 0.349 e. The summed E-state index contributed by atoms with van der Waals surface area (Å²) in [5, 5.41) is 2.63. The summed E-state index contributed by atoms with van der Waals surface area (Å²) in [4.78, 5) is 15.5. The first-order valence-electron chi connectivity index (χ1n) is 6.05. The van der Waals surface area contributed by atoms with E-state index in [9.17, 15) is 18.0 Å². The maximum absolute atomic E-state index is 12.0. The van der Waals surface area contributed by atoms with Gasteiger partial charge in [0.05, 0.1) is 12.5 Å². The molecule has 1 heterocycles. The third-order valence-corrected chi connectivity index (χ3v) is 2.66. The van der Waals surface area contributed by atoms with Crippen molar-refractivity contribution in [2.24, 2.45) is 5.92 Å². The van der Waals surface area contributed by atoms with Crippen molar-refractivity contribution in [1.29, 1.82) is 0 Å². The molecule has 1 unspecified atom stereocenters. The van der Waals surface area contributed by atoms with Crippen molar-refractivity contribution in [2.75, 3.05) is 0 Å². The van der Waals surface area contributed by atoms with Gasteiger partial charge >= 0.3 is 6.18 Å². The summed E-state index contributed by atoms with van der Waals surface area (Å²) in [6.07, 6.45) is -2.75. The Balaban J connectivity index is 2.63. The molecule has 0 saturated carbocycles. The molecule has 0 aliphatic heterocycles. The van der Waals surface area contributed by atoms with E-state index in [0.29, 0.717) is 0 Å². The van der Waals surface area contributed by atoms with Crippen LogP contribution in [-0.2, 0) is 4.79 Å². The first kappa shape index (κ1) is 15.5. The molecule has 0 aromatic carbocycles. The number of hydrogen-bond acceptors (Lipinski definition) is 2. The van der Waals surface area contributed by atoms with Crippen molar-refractivity contribution >= 4 is 5.91 Å². The molecule has 106 valence electrons. The molecule has 1 aromatic heterocycles. The fourth-order valence-electron chi connectivity index (χ4n) is 1.70. The SMILES string of the molecule is CC(C)C(NC(=O)CCC(F)(F)F)c1cccnc1. The second-order valence-electron chi connectivity index (χ2n) is 4.69. The van der Waals surface area contributed by atoms with Crippen LogP contribution < -0.4 is 5.32 Å². The van der Waals surface area contributed by atoms with Gasteiger partial charge in [0.2, 0.25) is 5.91 Å². The molecule has 1 aromatic rings. The van der Waals surface area contributed by atoms with Gasteiger partial charge in [-0.15, -0.1) is 0 Å². The third-order valence-electron chi connectivity index (χ3n) is 2.66. The molecule has 1 amide bonds. The largest absolute Gasteiger partial charge is 0.389 e. The minimum absolute atomic E-state index is 0.0686. The van der Waals surface area contributed by atoms with Crippen molar-refractivity contribution in [3.63, 3.8) is 0 Å². The molecule has 0 aliphatic carbocycles. The fourth-order valence-corrected chi connectivity index (χ4v) is 1.70. The van der Waals surface area contributed by atoms with E-state index in [-0.39, 0.29) is 12.0 Å². The number of halogens is 3. The second kappa shape index (κ2) is 6.54. The van der Waals surface area contributed by atoms with E-state index < -0.39 is 24.9 Å². The molecule has 0 fully saturated rings. The lowest BCUT2D eigenvalue weighted by Crippen LogP contribution is -2.32. The molecule has 0 saturated heterocycles. The number of carbonyl (C=O) groups is 1. The third kappa shape index (κ3) is 5.72. The number of aromatic nitrogens is 1. The summed E-state index contributed by atoms with van der Waals surface area (Å²) in [6.45, 7) is 3.78. The summed E-state index contributed by atoms with van der Waals surface area (Å²) >= 11 is 0. The van der Waals surface area contributed by atoms with Crippen LogP contribution in [0.5, 0.6) is 0 Å². The van der Waals surface area contributed by atoms with Crippen LogP contribution in [0.15, 0.2) is 24.5 Å². The van der Waals surface area contributed by atoms with Gasteiger partial charge in [-0.05, 0) is 17.5 Å². The summed E-state index contributed by atoms with van der Waals surface area (Å²) in [7, 11) is 0. The number of nitrogens with one attached hydrogen (secondary N) is 1. The predicted molar refractivity (Wildman–Crippen MR) is 65.2 cm³/mol. The van der Waals surface area contributed by atoms with E-state index in [1.807, 2.05) is 13.8 Å². The lowest BCUT2D eigenvalue weighted by atomic mass is 9.97. The molecule has 1 atom stereocenters. The Hall–Kier alpha value is -1.59. The van der Waals surface area contributed by atoms with Crippen LogP contribution in [0.4, 0.5) is 13.2 Å². The van der Waals surface area contributed by atoms with Gasteiger partial charge in [-0.3, -0.25) is 9.78 Å². The number of nitrogens with zero attached hydrogens (tertiary/aromatic N) is 1. The number of carbonyl (C=O) groups excluding carboxylic acids is 1. The second-order valence-corrected chi connectivity index (χ2v) is 4.69. The Bertz CT molecular complexity index is 404. The highest BCUT2D eigenvalue weighted by Gasteiger charge is 2.28. The monoisotopic (exact) mass is 274 g/mol. The lowest BCUT2D eigenvalue weighted by molar-refractivity contribution is -0.144. The fraction of sp³-hybridized carbons (Fsp3) is 0.538. The van der Waals surface area contributed by atoms with Crippen molar-refractivity contribution < 1.29 is 18.0 Å². The maximum atomic E-state index is 12.0. The molecule has 0 bridgehead atoms. The van der Waals surface area contributed by atoms with Crippen molar-refractivity contribution in [3.05, 3.63) is 30.1 Å². The van der Waals surface area contributed by atoms with Crippen LogP contribution in [0.2, 0.25) is 0 Å². The zero-order valence-corrected chi connectivity index (χ0v) is 10.9. The van der Waals surface area contributed by atoms with Crippen LogP contribution in [0.3, 0.4) is 0 Å². The standard InChI is InChI=1S/C13H17F3N2O/c1-9(2)12(10-4-3-7-17-8-10)18-11(19)5-6-13(14,15)16/h3-4,7-9,12H,5-6H2,1-2H3,(H,18,19). The van der Waals surface area contributed by atoms with Crippen molar-refractivity contribution in [2.45, 2.75) is 38.9 Å². The molecule has 19 heavy (non-hydrogen) atoms. The highest BCUT2D eigenvalue weighted by molar-refractivity contribution is 5.76. The number of rotatable bonds is 5. The summed E-state index contributed by atoms with van der Waals surface area (Å²) in [5.41, 5.74) is 0.790. The zero-order chi connectivity index (χ0) is 14.5. The molecular weight excluding hydrogens is 257 g/mol. The average molecular weight is 274 g/mol. The minimum Gasteiger partial charge on any atom is -0.349 e. The van der Waals surface area contributed by atoms with Crippen LogP contribution in [-0.4, -0.2) is 17.1 Å². The molecule has 0 aliphatic rings. The van der Waals surface area contributed by atoms with E-state index in [4.69, 9.17) is 0 Å². The van der Waals surface area contributed by atoms with Crippen LogP contribution in [0.25, 0.3) is 0 Å². The summed E-state index contributed by atoms with van der Waals surface area (Å²) in [5.74, 6) is -0.529. The Morgan fingerprint density at radius 1 is 1.42 bits per heavy atom. The predicted octanol–water partition coefficient (Wildman–Crippen LogP) is 3.24. The number of amides is 1. The normalized spacial score (nSPS) is 13.4. The van der Waals surface area contributed by atoms with Crippen LogP contribution in [0, 0.1) is 5.92 Å². The first-order valence-corrected chi connectivity index (χ1v) is 6.05. The van der Waals surface area contributed by atoms with Crippen molar-refractivity contribution in [3.8, 4) is 0 Å². The maximum Gasteiger partial charge on any atom is 0.389 e. The highest BCUT2D eigenvalue weighted by atomic mass is 19.4. The molecule has 3 nitrogen and oxygen atoms in total. The van der Waals surface area contributed by atoms with Gasteiger partial charge in [-0.1, -0.05) is 19.9 Å². The number of pyridine rings is 1. The van der Waals surface area contributed by atoms with Gasteiger partial charge in [0, 0.05) is 18.8 Å². The molecule has 0 radical (unpaired) electrons. The Morgan fingerprint density at radius 2 is 2.11 bits per heavy atom.